The molecule has 1 aromatic carbocycles. The molecule has 1 heterocycles. The fourth-order valence-electron chi connectivity index (χ4n) is 1.47. The lowest BCUT2D eigenvalue weighted by Crippen LogP contribution is -2.20. The van der Waals surface area contributed by atoms with Crippen molar-refractivity contribution in [2.45, 2.75) is 0 Å². The molecule has 0 saturated heterocycles. The van der Waals surface area contributed by atoms with Gasteiger partial charge in [0.15, 0.2) is 0 Å². The van der Waals surface area contributed by atoms with Gasteiger partial charge in [0.05, 0.1) is 0 Å². The average molecular weight is 227 g/mol. The molecule has 2 N–H and O–H groups in total. The molecule has 5 nitrogen and oxygen atoms in total. The number of para-hydroxylation sites is 1. The number of benzene rings is 1. The number of aromatic nitrogens is 3. The van der Waals surface area contributed by atoms with Crippen LogP contribution in [0.1, 0.15) is 0 Å². The molecule has 0 amide bonds. The molecular formula is C12H13N5. The predicted molar refractivity (Wildman–Crippen MR) is 67.9 cm³/mol. The summed E-state index contributed by atoms with van der Waals surface area (Å²) in [7, 11) is 0. The molecule has 0 unspecified atom stereocenters. The van der Waals surface area contributed by atoms with Gasteiger partial charge in [0.1, 0.15) is 6.33 Å². The molecule has 0 atom stereocenters. The van der Waals surface area contributed by atoms with Gasteiger partial charge in [0.25, 0.3) is 0 Å². The number of anilines is 3. The van der Waals surface area contributed by atoms with Gasteiger partial charge in [-0.2, -0.15) is 4.98 Å². The summed E-state index contributed by atoms with van der Waals surface area (Å²) in [4.78, 5) is 13.9. The van der Waals surface area contributed by atoms with Crippen LogP contribution in [0.2, 0.25) is 0 Å². The van der Waals surface area contributed by atoms with Crippen molar-refractivity contribution in [2.24, 2.45) is 0 Å². The molecule has 0 bridgehead atoms. The monoisotopic (exact) mass is 227 g/mol. The van der Waals surface area contributed by atoms with Gasteiger partial charge in [-0.05, 0) is 12.1 Å². The molecule has 0 fully saturated rings. The largest absolute Gasteiger partial charge is 0.368 e. The van der Waals surface area contributed by atoms with Gasteiger partial charge < -0.3 is 10.6 Å². The van der Waals surface area contributed by atoms with Crippen molar-refractivity contribution in [1.29, 1.82) is 0 Å². The van der Waals surface area contributed by atoms with Crippen LogP contribution in [0.25, 0.3) is 0 Å². The third-order valence-electron chi connectivity index (χ3n) is 2.20. The van der Waals surface area contributed by atoms with Gasteiger partial charge in [0, 0.05) is 12.2 Å². The SMILES string of the molecule is C=CCN(c1ccccc1)c1ncnc(N)n1. The first kappa shape index (κ1) is 11.1. The van der Waals surface area contributed by atoms with Crippen molar-refractivity contribution < 1.29 is 0 Å². The molecule has 1 aromatic heterocycles. The highest BCUT2D eigenvalue weighted by atomic mass is 15.3. The van der Waals surface area contributed by atoms with Crippen molar-refractivity contribution in [3.05, 3.63) is 49.3 Å². The van der Waals surface area contributed by atoms with E-state index in [1.165, 1.54) is 6.33 Å². The van der Waals surface area contributed by atoms with Crippen molar-refractivity contribution in [3.8, 4) is 0 Å². The first-order valence-corrected chi connectivity index (χ1v) is 5.19. The summed E-state index contributed by atoms with van der Waals surface area (Å²) in [6.45, 7) is 4.33. The average Bonchev–Trinajstić information content (AvgIpc) is 2.37. The molecule has 0 radical (unpaired) electrons. The highest BCUT2D eigenvalue weighted by Crippen LogP contribution is 2.20. The van der Waals surface area contributed by atoms with E-state index in [-0.39, 0.29) is 5.95 Å². The fourth-order valence-corrected chi connectivity index (χ4v) is 1.47. The molecule has 0 aliphatic rings. The molecule has 2 rings (SSSR count). The van der Waals surface area contributed by atoms with Gasteiger partial charge in [-0.3, -0.25) is 0 Å². The second-order valence-corrected chi connectivity index (χ2v) is 3.38. The van der Waals surface area contributed by atoms with Crippen LogP contribution in [-0.4, -0.2) is 21.5 Å². The van der Waals surface area contributed by atoms with E-state index in [0.29, 0.717) is 12.5 Å². The van der Waals surface area contributed by atoms with Crippen molar-refractivity contribution in [3.63, 3.8) is 0 Å². The van der Waals surface area contributed by atoms with Crippen LogP contribution in [0.4, 0.5) is 17.6 Å². The summed E-state index contributed by atoms with van der Waals surface area (Å²) < 4.78 is 0. The summed E-state index contributed by atoms with van der Waals surface area (Å²) in [5.74, 6) is 0.726. The Bertz CT molecular complexity index is 497. The molecule has 17 heavy (non-hydrogen) atoms. The lowest BCUT2D eigenvalue weighted by Gasteiger charge is -2.20. The zero-order valence-corrected chi connectivity index (χ0v) is 9.32. The van der Waals surface area contributed by atoms with E-state index >= 15 is 0 Å². The Balaban J connectivity index is 2.39. The summed E-state index contributed by atoms with van der Waals surface area (Å²) in [6.07, 6.45) is 3.18. The van der Waals surface area contributed by atoms with Gasteiger partial charge >= 0.3 is 0 Å². The zero-order valence-electron chi connectivity index (χ0n) is 9.32. The second-order valence-electron chi connectivity index (χ2n) is 3.38. The molecule has 2 aromatic rings. The minimum Gasteiger partial charge on any atom is -0.368 e. The maximum absolute atomic E-state index is 5.56. The lowest BCUT2D eigenvalue weighted by molar-refractivity contribution is 0.959. The Labute approximate surface area is 99.7 Å². The summed E-state index contributed by atoms with van der Waals surface area (Å²) in [5.41, 5.74) is 6.54. The Morgan fingerprint density at radius 3 is 2.65 bits per heavy atom. The van der Waals surface area contributed by atoms with E-state index < -0.39 is 0 Å². The Kier molecular flexibility index (Phi) is 3.30. The maximum Gasteiger partial charge on any atom is 0.234 e. The van der Waals surface area contributed by atoms with Crippen LogP contribution in [-0.2, 0) is 0 Å². The topological polar surface area (TPSA) is 67.9 Å². The van der Waals surface area contributed by atoms with Crippen molar-refractivity contribution in [1.82, 2.24) is 15.0 Å². The Morgan fingerprint density at radius 1 is 1.24 bits per heavy atom. The number of rotatable bonds is 4. The first-order valence-electron chi connectivity index (χ1n) is 5.19. The number of hydrogen-bond acceptors (Lipinski definition) is 5. The van der Waals surface area contributed by atoms with E-state index in [2.05, 4.69) is 21.5 Å². The summed E-state index contributed by atoms with van der Waals surface area (Å²) in [6, 6.07) is 9.82. The van der Waals surface area contributed by atoms with Gasteiger partial charge in [-0.15, -0.1) is 6.58 Å². The number of nitrogen functional groups attached to an aromatic ring is 1. The van der Waals surface area contributed by atoms with Crippen LogP contribution in [0.5, 0.6) is 0 Å². The maximum atomic E-state index is 5.56. The first-order chi connectivity index (χ1) is 8.31. The normalized spacial score (nSPS) is 9.88. The van der Waals surface area contributed by atoms with Gasteiger partial charge in [-0.25, -0.2) is 9.97 Å². The summed E-state index contributed by atoms with van der Waals surface area (Å²) in [5, 5.41) is 0. The minimum absolute atomic E-state index is 0.208. The van der Waals surface area contributed by atoms with Crippen LogP contribution >= 0.6 is 0 Å². The predicted octanol–water partition coefficient (Wildman–Crippen LogP) is 1.78. The number of hydrogen-bond donors (Lipinski definition) is 1. The number of nitrogens with zero attached hydrogens (tertiary/aromatic N) is 4. The molecule has 0 aliphatic heterocycles. The van der Waals surface area contributed by atoms with Gasteiger partial charge in [-0.1, -0.05) is 24.3 Å². The van der Waals surface area contributed by atoms with Crippen LogP contribution in [0.15, 0.2) is 49.3 Å². The van der Waals surface area contributed by atoms with Gasteiger partial charge in [0.2, 0.25) is 11.9 Å². The number of nitrogens with two attached hydrogens (primary N) is 1. The highest BCUT2D eigenvalue weighted by molar-refractivity contribution is 5.57. The third-order valence-corrected chi connectivity index (χ3v) is 2.20. The molecular weight excluding hydrogens is 214 g/mol. The Hall–Kier alpha value is -2.43. The molecule has 0 saturated carbocycles. The Morgan fingerprint density at radius 2 is 2.00 bits per heavy atom. The molecule has 0 aliphatic carbocycles. The van der Waals surface area contributed by atoms with Crippen molar-refractivity contribution in [2.75, 3.05) is 17.2 Å². The third kappa shape index (κ3) is 2.57. The molecule has 5 heteroatoms. The van der Waals surface area contributed by atoms with E-state index in [1.54, 1.807) is 6.08 Å². The molecule has 0 spiro atoms. The molecule has 86 valence electrons. The van der Waals surface area contributed by atoms with Crippen molar-refractivity contribution >= 4 is 17.6 Å². The summed E-state index contributed by atoms with van der Waals surface area (Å²) >= 11 is 0. The lowest BCUT2D eigenvalue weighted by atomic mass is 10.3. The van der Waals surface area contributed by atoms with Crippen LogP contribution in [0, 0.1) is 0 Å². The highest BCUT2D eigenvalue weighted by Gasteiger charge is 2.10. The van der Waals surface area contributed by atoms with E-state index in [0.717, 1.165) is 5.69 Å². The van der Waals surface area contributed by atoms with E-state index in [1.807, 2.05) is 35.2 Å². The minimum atomic E-state index is 0.208. The standard InChI is InChI=1S/C12H13N5/c1-2-8-17(10-6-4-3-5-7-10)12-15-9-14-11(13)16-12/h2-7,9H,1,8H2,(H2,13,14,15,16). The zero-order chi connectivity index (χ0) is 12.1. The van der Waals surface area contributed by atoms with Crippen LogP contribution < -0.4 is 10.6 Å². The van der Waals surface area contributed by atoms with E-state index in [9.17, 15) is 0 Å². The van der Waals surface area contributed by atoms with Crippen LogP contribution in [0.3, 0.4) is 0 Å². The van der Waals surface area contributed by atoms with E-state index in [4.69, 9.17) is 5.73 Å². The second kappa shape index (κ2) is 5.07. The quantitative estimate of drug-likeness (QED) is 0.806. The fraction of sp³-hybridized carbons (Fsp3) is 0.0833. The smallest absolute Gasteiger partial charge is 0.234 e.